The molecule has 19 heavy (non-hydrogen) atoms. The van der Waals surface area contributed by atoms with Crippen molar-refractivity contribution in [2.45, 2.75) is 17.4 Å². The lowest BCUT2D eigenvalue weighted by Gasteiger charge is -2.16. The Balaban J connectivity index is 2.43. The Bertz CT molecular complexity index is 617. The molecule has 0 saturated carbocycles. The molecule has 0 aliphatic carbocycles. The van der Waals surface area contributed by atoms with E-state index in [2.05, 4.69) is 15.9 Å². The molecular formula is C11H13BrN2O4S. The second-order valence-electron chi connectivity index (χ2n) is 4.35. The summed E-state index contributed by atoms with van der Waals surface area (Å²) in [5.41, 5.74) is 5.28. The highest BCUT2D eigenvalue weighted by Crippen LogP contribution is 2.25. The van der Waals surface area contributed by atoms with Crippen molar-refractivity contribution >= 4 is 31.9 Å². The van der Waals surface area contributed by atoms with Crippen LogP contribution in [-0.4, -0.2) is 42.9 Å². The van der Waals surface area contributed by atoms with E-state index >= 15 is 0 Å². The normalized spacial score (nSPS) is 20.6. The van der Waals surface area contributed by atoms with Gasteiger partial charge < -0.3 is 10.8 Å². The summed E-state index contributed by atoms with van der Waals surface area (Å²) in [6, 6.07) is 4.11. The number of carbonyl (C=O) groups excluding carboxylic acids is 1. The number of aliphatic hydroxyl groups is 1. The topological polar surface area (TPSA) is 101 Å². The van der Waals surface area contributed by atoms with Crippen LogP contribution in [0.2, 0.25) is 0 Å². The predicted octanol–water partition coefficient (Wildman–Crippen LogP) is 0.303. The second kappa shape index (κ2) is 5.20. The molecule has 1 heterocycles. The molecule has 0 unspecified atom stereocenters. The molecule has 1 aromatic carbocycles. The first-order valence-corrected chi connectivity index (χ1v) is 7.82. The first-order chi connectivity index (χ1) is 8.80. The molecule has 0 aromatic heterocycles. The molecule has 1 saturated heterocycles. The van der Waals surface area contributed by atoms with Crippen LogP contribution in [0.15, 0.2) is 27.6 Å². The van der Waals surface area contributed by atoms with Crippen molar-refractivity contribution in [3.63, 3.8) is 0 Å². The van der Waals surface area contributed by atoms with E-state index in [9.17, 15) is 18.3 Å². The molecule has 0 radical (unpaired) electrons. The van der Waals surface area contributed by atoms with Gasteiger partial charge in [0.1, 0.15) is 0 Å². The standard InChI is InChI=1S/C11H13BrN2O4S/c12-8-3-7(11(13)16)4-10(5-8)19(17,18)14-2-1-9(15)6-14/h3-5,9,15H,1-2,6H2,(H2,13,16)/t9-/m1/s1. The van der Waals surface area contributed by atoms with Crippen molar-refractivity contribution in [2.24, 2.45) is 5.73 Å². The Hall–Kier alpha value is -0.960. The fraction of sp³-hybridized carbons (Fsp3) is 0.364. The Morgan fingerprint density at radius 3 is 2.63 bits per heavy atom. The summed E-state index contributed by atoms with van der Waals surface area (Å²) in [5.74, 6) is -0.695. The summed E-state index contributed by atoms with van der Waals surface area (Å²) in [6.45, 7) is 0.336. The van der Waals surface area contributed by atoms with Crippen molar-refractivity contribution < 1.29 is 18.3 Å². The largest absolute Gasteiger partial charge is 0.392 e. The monoisotopic (exact) mass is 348 g/mol. The van der Waals surface area contributed by atoms with Gasteiger partial charge in [0.15, 0.2) is 0 Å². The van der Waals surface area contributed by atoms with E-state index in [-0.39, 0.29) is 23.5 Å². The molecule has 1 amide bonds. The average molecular weight is 349 g/mol. The van der Waals surface area contributed by atoms with Crippen molar-refractivity contribution in [3.05, 3.63) is 28.2 Å². The zero-order chi connectivity index (χ0) is 14.2. The van der Waals surface area contributed by atoms with Gasteiger partial charge in [0.25, 0.3) is 0 Å². The van der Waals surface area contributed by atoms with Gasteiger partial charge >= 0.3 is 0 Å². The fourth-order valence-corrected chi connectivity index (χ4v) is 4.14. The number of benzene rings is 1. The minimum atomic E-state index is -3.71. The Labute approximate surface area is 119 Å². The van der Waals surface area contributed by atoms with Crippen molar-refractivity contribution in [3.8, 4) is 0 Å². The van der Waals surface area contributed by atoms with Gasteiger partial charge in [0.05, 0.1) is 11.0 Å². The number of hydrogen-bond donors (Lipinski definition) is 2. The third-order valence-corrected chi connectivity index (χ3v) is 5.22. The van der Waals surface area contributed by atoms with E-state index in [1.165, 1.54) is 22.5 Å². The first-order valence-electron chi connectivity index (χ1n) is 5.59. The van der Waals surface area contributed by atoms with Crippen LogP contribution in [0, 0.1) is 0 Å². The molecule has 0 spiro atoms. The predicted molar refractivity (Wildman–Crippen MR) is 72.0 cm³/mol. The smallest absolute Gasteiger partial charge is 0.248 e. The quantitative estimate of drug-likeness (QED) is 0.820. The van der Waals surface area contributed by atoms with Gasteiger partial charge in [-0.15, -0.1) is 0 Å². The number of carbonyl (C=O) groups is 1. The van der Waals surface area contributed by atoms with Crippen molar-refractivity contribution in [1.82, 2.24) is 4.31 Å². The van der Waals surface area contributed by atoms with Gasteiger partial charge in [-0.05, 0) is 24.6 Å². The van der Waals surface area contributed by atoms with E-state index in [0.717, 1.165) is 0 Å². The number of hydrogen-bond acceptors (Lipinski definition) is 4. The lowest BCUT2D eigenvalue weighted by molar-refractivity contribution is 0.1000. The van der Waals surface area contributed by atoms with Crippen LogP contribution in [-0.2, 0) is 10.0 Å². The van der Waals surface area contributed by atoms with Crippen LogP contribution in [0.4, 0.5) is 0 Å². The van der Waals surface area contributed by atoms with Gasteiger partial charge in [-0.1, -0.05) is 15.9 Å². The molecule has 0 bridgehead atoms. The van der Waals surface area contributed by atoms with Crippen LogP contribution >= 0.6 is 15.9 Å². The highest BCUT2D eigenvalue weighted by atomic mass is 79.9. The van der Waals surface area contributed by atoms with Crippen molar-refractivity contribution in [1.29, 1.82) is 0 Å². The zero-order valence-corrected chi connectivity index (χ0v) is 12.3. The molecule has 1 fully saturated rings. The van der Waals surface area contributed by atoms with E-state index in [0.29, 0.717) is 10.9 Å². The van der Waals surface area contributed by atoms with Gasteiger partial charge in [0.2, 0.25) is 15.9 Å². The first kappa shape index (κ1) is 14.4. The molecule has 8 heteroatoms. The van der Waals surface area contributed by atoms with Crippen LogP contribution in [0.3, 0.4) is 0 Å². The number of amides is 1. The minimum absolute atomic E-state index is 0.00947. The van der Waals surface area contributed by atoms with Crippen molar-refractivity contribution in [2.75, 3.05) is 13.1 Å². The molecule has 2 rings (SSSR count). The van der Waals surface area contributed by atoms with Gasteiger partial charge in [-0.2, -0.15) is 4.31 Å². The van der Waals surface area contributed by atoms with Crippen LogP contribution in [0.25, 0.3) is 0 Å². The Morgan fingerprint density at radius 2 is 2.11 bits per heavy atom. The maximum absolute atomic E-state index is 12.3. The van der Waals surface area contributed by atoms with E-state index in [1.807, 2.05) is 0 Å². The molecule has 1 atom stereocenters. The molecule has 6 nitrogen and oxygen atoms in total. The Morgan fingerprint density at radius 1 is 1.42 bits per heavy atom. The number of sulfonamides is 1. The highest BCUT2D eigenvalue weighted by Gasteiger charge is 2.32. The number of aliphatic hydroxyl groups excluding tert-OH is 1. The Kier molecular flexibility index (Phi) is 3.95. The highest BCUT2D eigenvalue weighted by molar-refractivity contribution is 9.10. The number of nitrogens with two attached hydrogens (primary N) is 1. The number of β-amino-alcohol motifs (C(OH)–C–C–N with tert-alkyl or cyclic N) is 1. The lowest BCUT2D eigenvalue weighted by atomic mass is 10.2. The minimum Gasteiger partial charge on any atom is -0.392 e. The van der Waals surface area contributed by atoms with Crippen LogP contribution < -0.4 is 5.73 Å². The average Bonchev–Trinajstić information content (AvgIpc) is 2.75. The third-order valence-electron chi connectivity index (χ3n) is 2.92. The molecular weight excluding hydrogens is 336 g/mol. The summed E-state index contributed by atoms with van der Waals surface area (Å²) < 4.78 is 26.4. The zero-order valence-electron chi connectivity index (χ0n) is 9.91. The van der Waals surface area contributed by atoms with E-state index < -0.39 is 22.0 Å². The number of rotatable bonds is 3. The van der Waals surface area contributed by atoms with E-state index in [1.54, 1.807) is 0 Å². The molecule has 3 N–H and O–H groups in total. The molecule has 1 aromatic rings. The van der Waals surface area contributed by atoms with Crippen LogP contribution in [0.1, 0.15) is 16.8 Å². The lowest BCUT2D eigenvalue weighted by Crippen LogP contribution is -2.30. The third kappa shape index (κ3) is 2.97. The summed E-state index contributed by atoms with van der Waals surface area (Å²) in [5, 5.41) is 9.42. The maximum atomic E-state index is 12.3. The molecule has 1 aliphatic heterocycles. The summed E-state index contributed by atoms with van der Waals surface area (Å²) in [7, 11) is -3.71. The summed E-state index contributed by atoms with van der Waals surface area (Å²) in [4.78, 5) is 11.1. The number of halogens is 1. The SMILES string of the molecule is NC(=O)c1cc(Br)cc(S(=O)(=O)N2CC[C@@H](O)C2)c1. The van der Waals surface area contributed by atoms with Crippen LogP contribution in [0.5, 0.6) is 0 Å². The maximum Gasteiger partial charge on any atom is 0.248 e. The summed E-state index contributed by atoms with van der Waals surface area (Å²) >= 11 is 3.15. The van der Waals surface area contributed by atoms with Gasteiger partial charge in [-0.3, -0.25) is 4.79 Å². The molecule has 104 valence electrons. The molecule has 1 aliphatic rings. The fourth-order valence-electron chi connectivity index (χ4n) is 1.93. The number of primary amides is 1. The number of nitrogens with zero attached hydrogens (tertiary/aromatic N) is 1. The van der Waals surface area contributed by atoms with Gasteiger partial charge in [0, 0.05) is 23.1 Å². The summed E-state index contributed by atoms with van der Waals surface area (Å²) in [6.07, 6.45) is -0.229. The van der Waals surface area contributed by atoms with Gasteiger partial charge in [-0.25, -0.2) is 8.42 Å². The second-order valence-corrected chi connectivity index (χ2v) is 7.20. The van der Waals surface area contributed by atoms with E-state index in [4.69, 9.17) is 5.73 Å².